The zero-order valence-electron chi connectivity index (χ0n) is 9.74. The first kappa shape index (κ1) is 11.4. The molecule has 1 aliphatic rings. The van der Waals surface area contributed by atoms with Crippen LogP contribution in [0, 0.1) is 17.2 Å². The molecule has 0 radical (unpaired) electrons. The first-order valence-electron chi connectivity index (χ1n) is 5.66. The minimum atomic E-state index is -0.263. The molecule has 2 nitrogen and oxygen atoms in total. The van der Waals surface area contributed by atoms with Crippen molar-refractivity contribution in [1.29, 1.82) is 0 Å². The molecule has 2 rings (SSSR count). The van der Waals surface area contributed by atoms with E-state index in [4.69, 9.17) is 10.5 Å². The van der Waals surface area contributed by atoms with E-state index in [0.29, 0.717) is 18.3 Å². The molecule has 0 unspecified atom stereocenters. The highest BCUT2D eigenvalue weighted by Crippen LogP contribution is 2.52. The molecule has 1 aromatic carbocycles. The van der Waals surface area contributed by atoms with Crippen molar-refractivity contribution < 1.29 is 9.13 Å². The molecular formula is C13H18FNO. The lowest BCUT2D eigenvalue weighted by Gasteiger charge is -2.06. The van der Waals surface area contributed by atoms with Crippen molar-refractivity contribution in [3.63, 3.8) is 0 Å². The van der Waals surface area contributed by atoms with E-state index in [9.17, 15) is 4.39 Å². The van der Waals surface area contributed by atoms with E-state index >= 15 is 0 Å². The molecule has 2 atom stereocenters. The van der Waals surface area contributed by atoms with Crippen molar-refractivity contribution >= 4 is 0 Å². The van der Waals surface area contributed by atoms with Crippen LogP contribution >= 0.6 is 0 Å². The van der Waals surface area contributed by atoms with E-state index in [1.807, 2.05) is 0 Å². The summed E-state index contributed by atoms with van der Waals surface area (Å²) in [5.74, 6) is 0.856. The van der Waals surface area contributed by atoms with E-state index in [2.05, 4.69) is 13.8 Å². The molecular weight excluding hydrogens is 205 g/mol. The summed E-state index contributed by atoms with van der Waals surface area (Å²) in [5, 5.41) is 0. The fraction of sp³-hybridized carbons (Fsp3) is 0.538. The number of ether oxygens (including phenoxy) is 1. The van der Waals surface area contributed by atoms with Crippen LogP contribution in [-0.2, 0) is 0 Å². The number of rotatable bonds is 4. The van der Waals surface area contributed by atoms with Gasteiger partial charge in [0, 0.05) is 12.1 Å². The standard InChI is InChI=1S/C13H18FNO/c1-13(2)11(12(13)15)6-7-16-10-5-3-4-9(14)8-10/h3-5,8,11-12H,6-7,15H2,1-2H3/t11-,12-/m0/s1. The van der Waals surface area contributed by atoms with Gasteiger partial charge in [0.25, 0.3) is 0 Å². The average molecular weight is 223 g/mol. The molecule has 0 saturated heterocycles. The second kappa shape index (κ2) is 4.06. The van der Waals surface area contributed by atoms with Gasteiger partial charge in [0.15, 0.2) is 0 Å². The predicted octanol–water partition coefficient (Wildman–Crippen LogP) is 2.58. The topological polar surface area (TPSA) is 35.2 Å². The van der Waals surface area contributed by atoms with Gasteiger partial charge in [-0.3, -0.25) is 0 Å². The minimum absolute atomic E-state index is 0.241. The second-order valence-corrected chi connectivity index (χ2v) is 5.05. The molecule has 0 aliphatic heterocycles. The van der Waals surface area contributed by atoms with Gasteiger partial charge >= 0.3 is 0 Å². The maximum absolute atomic E-state index is 12.9. The predicted molar refractivity (Wildman–Crippen MR) is 61.8 cm³/mol. The maximum atomic E-state index is 12.9. The van der Waals surface area contributed by atoms with Crippen LogP contribution in [0.1, 0.15) is 20.3 Å². The van der Waals surface area contributed by atoms with Crippen LogP contribution in [0.3, 0.4) is 0 Å². The first-order chi connectivity index (χ1) is 7.51. The summed E-state index contributed by atoms with van der Waals surface area (Å²) < 4.78 is 18.3. The van der Waals surface area contributed by atoms with E-state index in [1.165, 1.54) is 12.1 Å². The van der Waals surface area contributed by atoms with Crippen molar-refractivity contribution in [2.45, 2.75) is 26.3 Å². The third-order valence-electron chi connectivity index (χ3n) is 3.63. The molecule has 1 saturated carbocycles. The Balaban J connectivity index is 1.77. The van der Waals surface area contributed by atoms with Gasteiger partial charge in [-0.1, -0.05) is 19.9 Å². The van der Waals surface area contributed by atoms with Crippen molar-refractivity contribution in [3.8, 4) is 5.75 Å². The first-order valence-corrected chi connectivity index (χ1v) is 5.66. The zero-order valence-corrected chi connectivity index (χ0v) is 9.74. The van der Waals surface area contributed by atoms with Crippen LogP contribution < -0.4 is 10.5 Å². The van der Waals surface area contributed by atoms with E-state index in [1.54, 1.807) is 12.1 Å². The Morgan fingerprint density at radius 2 is 2.12 bits per heavy atom. The number of nitrogens with two attached hydrogens (primary N) is 1. The van der Waals surface area contributed by atoms with Crippen LogP contribution in [0.5, 0.6) is 5.75 Å². The summed E-state index contributed by atoms with van der Waals surface area (Å²) in [6, 6.07) is 6.51. The Morgan fingerprint density at radius 1 is 1.44 bits per heavy atom. The molecule has 3 heteroatoms. The van der Waals surface area contributed by atoms with Gasteiger partial charge in [-0.15, -0.1) is 0 Å². The summed E-state index contributed by atoms with van der Waals surface area (Å²) in [6.45, 7) is 4.94. The Hall–Kier alpha value is -1.09. The monoisotopic (exact) mass is 223 g/mol. The molecule has 1 aromatic rings. The summed E-state index contributed by atoms with van der Waals surface area (Å²) in [7, 11) is 0. The normalized spacial score (nSPS) is 26.5. The van der Waals surface area contributed by atoms with Crippen molar-refractivity contribution in [2.24, 2.45) is 17.1 Å². The number of hydrogen-bond acceptors (Lipinski definition) is 2. The SMILES string of the molecule is CC1(C)[C@@H](N)[C@@H]1CCOc1cccc(F)c1. The van der Waals surface area contributed by atoms with Gasteiger partial charge < -0.3 is 10.5 Å². The molecule has 2 N–H and O–H groups in total. The lowest BCUT2D eigenvalue weighted by Crippen LogP contribution is -2.07. The second-order valence-electron chi connectivity index (χ2n) is 5.05. The van der Waals surface area contributed by atoms with Crippen molar-refractivity contribution in [1.82, 2.24) is 0 Å². The van der Waals surface area contributed by atoms with E-state index in [-0.39, 0.29) is 17.3 Å². The molecule has 88 valence electrons. The van der Waals surface area contributed by atoms with Crippen LogP contribution in [-0.4, -0.2) is 12.6 Å². The fourth-order valence-electron chi connectivity index (χ4n) is 2.20. The number of hydrogen-bond donors (Lipinski definition) is 1. The largest absolute Gasteiger partial charge is 0.493 e. The molecule has 0 bridgehead atoms. The highest BCUT2D eigenvalue weighted by molar-refractivity contribution is 5.22. The molecule has 0 heterocycles. The zero-order chi connectivity index (χ0) is 11.8. The lowest BCUT2D eigenvalue weighted by atomic mass is 10.1. The highest BCUT2D eigenvalue weighted by Gasteiger charge is 2.54. The van der Waals surface area contributed by atoms with Gasteiger partial charge in [-0.2, -0.15) is 0 Å². The summed E-state index contributed by atoms with van der Waals surface area (Å²) >= 11 is 0. The third-order valence-corrected chi connectivity index (χ3v) is 3.63. The Morgan fingerprint density at radius 3 is 2.69 bits per heavy atom. The molecule has 1 fully saturated rings. The molecule has 1 aliphatic carbocycles. The van der Waals surface area contributed by atoms with Crippen LogP contribution in [0.25, 0.3) is 0 Å². The van der Waals surface area contributed by atoms with Gasteiger partial charge in [0.1, 0.15) is 11.6 Å². The maximum Gasteiger partial charge on any atom is 0.126 e. The highest BCUT2D eigenvalue weighted by atomic mass is 19.1. The van der Waals surface area contributed by atoms with E-state index < -0.39 is 0 Å². The molecule has 0 amide bonds. The Kier molecular flexibility index (Phi) is 2.89. The summed E-state index contributed by atoms with van der Waals surface area (Å²) in [6.07, 6.45) is 0.935. The quantitative estimate of drug-likeness (QED) is 0.851. The number of halogens is 1. The summed E-state index contributed by atoms with van der Waals surface area (Å²) in [4.78, 5) is 0. The Labute approximate surface area is 95.6 Å². The van der Waals surface area contributed by atoms with Gasteiger partial charge in [0.2, 0.25) is 0 Å². The van der Waals surface area contributed by atoms with Gasteiger partial charge in [-0.05, 0) is 29.9 Å². The molecule has 0 aromatic heterocycles. The fourth-order valence-corrected chi connectivity index (χ4v) is 2.20. The van der Waals surface area contributed by atoms with Gasteiger partial charge in [0.05, 0.1) is 6.61 Å². The lowest BCUT2D eigenvalue weighted by molar-refractivity contribution is 0.291. The van der Waals surface area contributed by atoms with Crippen LogP contribution in [0.15, 0.2) is 24.3 Å². The third kappa shape index (κ3) is 2.19. The number of benzene rings is 1. The van der Waals surface area contributed by atoms with Crippen LogP contribution in [0.2, 0.25) is 0 Å². The van der Waals surface area contributed by atoms with Crippen LogP contribution in [0.4, 0.5) is 4.39 Å². The average Bonchev–Trinajstić information content (AvgIpc) is 2.68. The smallest absolute Gasteiger partial charge is 0.126 e. The van der Waals surface area contributed by atoms with Crippen molar-refractivity contribution in [3.05, 3.63) is 30.1 Å². The summed E-state index contributed by atoms with van der Waals surface area (Å²) in [5.41, 5.74) is 6.17. The molecule has 0 spiro atoms. The molecule has 16 heavy (non-hydrogen) atoms. The van der Waals surface area contributed by atoms with E-state index in [0.717, 1.165) is 6.42 Å². The van der Waals surface area contributed by atoms with Crippen molar-refractivity contribution in [2.75, 3.05) is 6.61 Å². The Bertz CT molecular complexity index is 378. The minimum Gasteiger partial charge on any atom is -0.493 e. The van der Waals surface area contributed by atoms with Gasteiger partial charge in [-0.25, -0.2) is 4.39 Å².